The molecule has 1 aliphatic rings. The molecule has 1 aromatic carbocycles. The number of carbonyl (C=O) groups excluding carboxylic acids is 1. The van der Waals surface area contributed by atoms with Crippen LogP contribution in [0.2, 0.25) is 0 Å². The van der Waals surface area contributed by atoms with Gasteiger partial charge in [0.2, 0.25) is 0 Å². The Bertz CT molecular complexity index is 1270. The Hall–Kier alpha value is -3.14. The summed E-state index contributed by atoms with van der Waals surface area (Å²) in [5, 5.41) is 0.596. The molecule has 0 unspecified atom stereocenters. The van der Waals surface area contributed by atoms with E-state index >= 15 is 0 Å². The number of ether oxygens (including phenoxy) is 1. The fraction of sp³-hybridized carbons (Fsp3) is 0.440. The number of nitrogens with zero attached hydrogens (tertiary/aromatic N) is 5. The number of amides is 1. The van der Waals surface area contributed by atoms with E-state index in [0.29, 0.717) is 53.6 Å². The molecule has 0 spiro atoms. The maximum Gasteiger partial charge on any atom is 0.410 e. The number of piperidine rings is 1. The highest BCUT2D eigenvalue weighted by Crippen LogP contribution is 2.32. The molecule has 8 nitrogen and oxygen atoms in total. The van der Waals surface area contributed by atoms with Crippen molar-refractivity contribution >= 4 is 17.9 Å². The molecule has 35 heavy (non-hydrogen) atoms. The van der Waals surface area contributed by atoms with Gasteiger partial charge in [0.15, 0.2) is 5.16 Å². The average molecular weight is 500 g/mol. The van der Waals surface area contributed by atoms with Crippen LogP contribution in [-0.2, 0) is 11.8 Å². The van der Waals surface area contributed by atoms with Gasteiger partial charge in [0.05, 0.1) is 23.0 Å². The van der Waals surface area contributed by atoms with Crippen LogP contribution in [0.3, 0.4) is 0 Å². The molecule has 3 aromatic rings. The van der Waals surface area contributed by atoms with E-state index in [4.69, 9.17) is 4.74 Å². The summed E-state index contributed by atoms with van der Waals surface area (Å²) < 4.78 is 22.7. The van der Waals surface area contributed by atoms with Gasteiger partial charge in [0.25, 0.3) is 5.56 Å². The maximum absolute atomic E-state index is 13.8. The molecule has 1 amide bonds. The molecular formula is C25H30FN5O3S. The lowest BCUT2D eigenvalue weighted by molar-refractivity contribution is 0.0180. The minimum Gasteiger partial charge on any atom is -0.444 e. The first-order chi connectivity index (χ1) is 16.6. The van der Waals surface area contributed by atoms with Gasteiger partial charge in [-0.3, -0.25) is 9.48 Å². The monoisotopic (exact) mass is 499 g/mol. The smallest absolute Gasteiger partial charge is 0.410 e. The number of benzene rings is 1. The van der Waals surface area contributed by atoms with Gasteiger partial charge < -0.3 is 9.64 Å². The van der Waals surface area contributed by atoms with Crippen molar-refractivity contribution in [2.75, 3.05) is 19.3 Å². The topological polar surface area (TPSA) is 82.3 Å². The van der Waals surface area contributed by atoms with Gasteiger partial charge >= 0.3 is 6.09 Å². The van der Waals surface area contributed by atoms with E-state index in [1.165, 1.54) is 23.9 Å². The molecule has 1 saturated heterocycles. The number of hydrogen-bond donors (Lipinski definition) is 0. The van der Waals surface area contributed by atoms with Crippen LogP contribution in [0.4, 0.5) is 9.18 Å². The second kappa shape index (κ2) is 9.85. The zero-order valence-corrected chi connectivity index (χ0v) is 21.4. The summed E-state index contributed by atoms with van der Waals surface area (Å²) in [6.45, 7) is 6.50. The van der Waals surface area contributed by atoms with Crippen molar-refractivity contribution in [2.24, 2.45) is 7.05 Å². The molecule has 0 radical (unpaired) electrons. The first-order valence-electron chi connectivity index (χ1n) is 11.5. The first-order valence-corrected chi connectivity index (χ1v) is 12.7. The number of hydrogen-bond acceptors (Lipinski definition) is 6. The van der Waals surface area contributed by atoms with Gasteiger partial charge in [-0.1, -0.05) is 23.9 Å². The van der Waals surface area contributed by atoms with Gasteiger partial charge in [0.1, 0.15) is 11.4 Å². The normalized spacial score (nSPS) is 14.9. The van der Waals surface area contributed by atoms with E-state index in [0.717, 1.165) is 0 Å². The minimum absolute atomic E-state index is 0.110. The summed E-state index contributed by atoms with van der Waals surface area (Å²) in [6.07, 6.45) is 4.44. The van der Waals surface area contributed by atoms with Crippen LogP contribution in [0.1, 0.15) is 39.7 Å². The second-order valence-electron chi connectivity index (χ2n) is 9.53. The first kappa shape index (κ1) is 25.0. The number of thioether (sulfide) groups is 1. The largest absolute Gasteiger partial charge is 0.444 e. The predicted molar refractivity (Wildman–Crippen MR) is 134 cm³/mol. The van der Waals surface area contributed by atoms with Crippen molar-refractivity contribution in [3.05, 3.63) is 52.7 Å². The molecule has 4 rings (SSSR count). The van der Waals surface area contributed by atoms with Crippen LogP contribution in [-0.4, -0.2) is 55.3 Å². The number of rotatable bonds is 4. The average Bonchev–Trinajstić information content (AvgIpc) is 3.08. The summed E-state index contributed by atoms with van der Waals surface area (Å²) in [5.74, 6) is -0.368. The Morgan fingerprint density at radius 1 is 1.14 bits per heavy atom. The number of halogens is 1. The van der Waals surface area contributed by atoms with Crippen molar-refractivity contribution in [3.63, 3.8) is 0 Å². The van der Waals surface area contributed by atoms with E-state index in [9.17, 15) is 14.0 Å². The molecule has 0 bridgehead atoms. The third-order valence-electron chi connectivity index (χ3n) is 5.96. The van der Waals surface area contributed by atoms with E-state index < -0.39 is 5.60 Å². The molecular weight excluding hydrogens is 469 g/mol. The Morgan fingerprint density at radius 2 is 1.80 bits per heavy atom. The second-order valence-corrected chi connectivity index (χ2v) is 10.3. The van der Waals surface area contributed by atoms with Crippen LogP contribution in [0.25, 0.3) is 22.5 Å². The van der Waals surface area contributed by atoms with E-state index in [1.807, 2.05) is 38.8 Å². The molecule has 1 fully saturated rings. The third kappa shape index (κ3) is 5.27. The molecule has 1 aliphatic heterocycles. The van der Waals surface area contributed by atoms with Gasteiger partial charge in [-0.2, -0.15) is 0 Å². The van der Waals surface area contributed by atoms with Crippen molar-refractivity contribution in [3.8, 4) is 22.5 Å². The fourth-order valence-electron chi connectivity index (χ4n) is 4.39. The fourth-order valence-corrected chi connectivity index (χ4v) is 4.75. The highest BCUT2D eigenvalue weighted by molar-refractivity contribution is 7.98. The lowest BCUT2D eigenvalue weighted by Crippen LogP contribution is -2.43. The Kier molecular flexibility index (Phi) is 7.02. The van der Waals surface area contributed by atoms with Crippen LogP contribution in [0.5, 0.6) is 0 Å². The SMILES string of the molecule is CSc1nccc(-c2c(-c3ccc(F)cc3)c(=O)n(C3CCN(C(=O)OC(C)(C)C)CC3)n2C)n1. The van der Waals surface area contributed by atoms with Crippen LogP contribution >= 0.6 is 11.8 Å². The molecule has 0 aliphatic carbocycles. The molecule has 0 N–H and O–H groups in total. The van der Waals surface area contributed by atoms with E-state index in [-0.39, 0.29) is 23.5 Å². The summed E-state index contributed by atoms with van der Waals surface area (Å²) in [7, 11) is 1.84. The van der Waals surface area contributed by atoms with E-state index in [1.54, 1.807) is 34.0 Å². The quantitative estimate of drug-likeness (QED) is 0.381. The molecule has 186 valence electrons. The standard InChI is InChI=1S/C25H30FN5O3S/c1-25(2,3)34-24(33)30-14-11-18(12-15-30)31-22(32)20(16-6-8-17(26)9-7-16)21(29(31)4)19-10-13-27-23(28-19)35-5/h6-10,13,18H,11-12,14-15H2,1-5H3. The van der Waals surface area contributed by atoms with Crippen LogP contribution < -0.4 is 5.56 Å². The Balaban J connectivity index is 1.73. The van der Waals surface area contributed by atoms with Crippen molar-refractivity contribution < 1.29 is 13.9 Å². The van der Waals surface area contributed by atoms with Crippen molar-refractivity contribution in [2.45, 2.75) is 50.4 Å². The Morgan fingerprint density at radius 3 is 2.40 bits per heavy atom. The Labute approximate surface area is 208 Å². The highest BCUT2D eigenvalue weighted by atomic mass is 32.2. The molecule has 2 aromatic heterocycles. The van der Waals surface area contributed by atoms with E-state index in [2.05, 4.69) is 9.97 Å². The minimum atomic E-state index is -0.560. The van der Waals surface area contributed by atoms with Gasteiger partial charge in [-0.25, -0.2) is 23.8 Å². The molecule has 0 atom stereocenters. The number of carbonyl (C=O) groups is 1. The predicted octanol–water partition coefficient (Wildman–Crippen LogP) is 4.74. The summed E-state index contributed by atoms with van der Waals surface area (Å²) >= 11 is 1.42. The van der Waals surface area contributed by atoms with Crippen molar-refractivity contribution in [1.82, 2.24) is 24.2 Å². The molecule has 0 saturated carbocycles. The van der Waals surface area contributed by atoms with Crippen molar-refractivity contribution in [1.29, 1.82) is 0 Å². The summed E-state index contributed by atoms with van der Waals surface area (Å²) in [5.41, 5.74) is 1.62. The van der Waals surface area contributed by atoms with Gasteiger partial charge in [-0.15, -0.1) is 0 Å². The van der Waals surface area contributed by atoms with Gasteiger partial charge in [0, 0.05) is 26.3 Å². The lowest BCUT2D eigenvalue weighted by Gasteiger charge is -2.34. The number of aromatic nitrogens is 4. The van der Waals surface area contributed by atoms with Crippen LogP contribution in [0.15, 0.2) is 46.5 Å². The zero-order chi connectivity index (χ0) is 25.3. The summed E-state index contributed by atoms with van der Waals surface area (Å²) in [4.78, 5) is 36.9. The highest BCUT2D eigenvalue weighted by Gasteiger charge is 2.31. The lowest BCUT2D eigenvalue weighted by atomic mass is 10.0. The zero-order valence-electron chi connectivity index (χ0n) is 20.6. The summed E-state index contributed by atoms with van der Waals surface area (Å²) in [6, 6.07) is 7.59. The molecule has 10 heteroatoms. The third-order valence-corrected chi connectivity index (χ3v) is 6.52. The molecule has 3 heterocycles. The maximum atomic E-state index is 13.8. The van der Waals surface area contributed by atoms with Crippen LogP contribution in [0, 0.1) is 5.82 Å². The van der Waals surface area contributed by atoms with Gasteiger partial charge in [-0.05, 0) is 63.6 Å². The number of likely N-dealkylation sites (tertiary alicyclic amines) is 1.